The summed E-state index contributed by atoms with van der Waals surface area (Å²) < 4.78 is 4.81. The van der Waals surface area contributed by atoms with Gasteiger partial charge in [0.2, 0.25) is 0 Å². The van der Waals surface area contributed by atoms with Crippen LogP contribution in [0.3, 0.4) is 0 Å². The number of carbonyl (C=O) groups excluding carboxylic acids is 1. The largest absolute Gasteiger partial charge is 0.467 e. The van der Waals surface area contributed by atoms with E-state index in [2.05, 4.69) is 11.4 Å². The number of esters is 1. The van der Waals surface area contributed by atoms with Crippen molar-refractivity contribution in [1.29, 1.82) is 5.26 Å². The molecule has 0 amide bonds. The van der Waals surface area contributed by atoms with Gasteiger partial charge in [-0.2, -0.15) is 5.26 Å². The van der Waals surface area contributed by atoms with E-state index in [1.54, 1.807) is 0 Å². The molecule has 1 aliphatic carbocycles. The summed E-state index contributed by atoms with van der Waals surface area (Å²) in [6, 6.07) is 7.41. The van der Waals surface area contributed by atoms with Gasteiger partial charge in [0.05, 0.1) is 18.4 Å². The van der Waals surface area contributed by atoms with Gasteiger partial charge in [-0.3, -0.25) is 0 Å². The summed E-state index contributed by atoms with van der Waals surface area (Å²) in [6.07, 6.45) is 2.06. The first-order valence-corrected chi connectivity index (χ1v) is 6.01. The van der Waals surface area contributed by atoms with Crippen molar-refractivity contribution in [3.05, 3.63) is 29.3 Å². The normalized spacial score (nSPS) is 15.6. The van der Waals surface area contributed by atoms with Gasteiger partial charge in [-0.15, -0.1) is 0 Å². The number of hydrogen-bond donors (Lipinski definition) is 1. The van der Waals surface area contributed by atoms with Gasteiger partial charge in [0.15, 0.2) is 0 Å². The smallest absolute Gasteiger partial charge is 0.328 e. The number of ether oxygens (including phenoxy) is 1. The average Bonchev–Trinajstić information content (AvgIpc) is 3.19. The Morgan fingerprint density at radius 3 is 2.83 bits per heavy atom. The monoisotopic (exact) mass is 244 g/mol. The van der Waals surface area contributed by atoms with Gasteiger partial charge in [-0.25, -0.2) is 4.79 Å². The fourth-order valence-electron chi connectivity index (χ4n) is 2.03. The van der Waals surface area contributed by atoms with Crippen LogP contribution in [0.2, 0.25) is 0 Å². The van der Waals surface area contributed by atoms with Crippen LogP contribution in [-0.4, -0.2) is 19.1 Å². The van der Waals surface area contributed by atoms with Crippen molar-refractivity contribution < 1.29 is 9.53 Å². The van der Waals surface area contributed by atoms with E-state index in [1.165, 1.54) is 7.11 Å². The molecule has 0 aliphatic heterocycles. The average molecular weight is 244 g/mol. The van der Waals surface area contributed by atoms with E-state index in [1.807, 2.05) is 25.1 Å². The van der Waals surface area contributed by atoms with Crippen molar-refractivity contribution in [2.24, 2.45) is 5.92 Å². The third-order valence-electron chi connectivity index (χ3n) is 3.24. The number of nitriles is 1. The van der Waals surface area contributed by atoms with E-state index < -0.39 is 0 Å². The molecule has 2 rings (SSSR count). The maximum Gasteiger partial charge on any atom is 0.328 e. The van der Waals surface area contributed by atoms with Crippen molar-refractivity contribution in [3.8, 4) is 6.07 Å². The van der Waals surface area contributed by atoms with Gasteiger partial charge in [-0.05, 0) is 37.3 Å². The Balaban J connectivity index is 2.24. The lowest BCUT2D eigenvalue weighted by Gasteiger charge is -2.18. The van der Waals surface area contributed by atoms with E-state index in [0.717, 1.165) is 18.4 Å². The molecule has 4 heteroatoms. The van der Waals surface area contributed by atoms with Crippen molar-refractivity contribution in [2.45, 2.75) is 25.8 Å². The second kappa shape index (κ2) is 5.09. The number of rotatable bonds is 4. The molecule has 0 saturated heterocycles. The predicted octanol–water partition coefficient (Wildman–Crippen LogP) is 2.23. The SMILES string of the molecule is COC(=O)C(Nc1cccc(C)c1C#N)C1CC1. The van der Waals surface area contributed by atoms with Crippen LogP contribution < -0.4 is 5.32 Å². The third kappa shape index (κ3) is 2.45. The molecule has 1 aliphatic rings. The lowest BCUT2D eigenvalue weighted by molar-refractivity contribution is -0.142. The number of nitrogens with zero attached hydrogens (tertiary/aromatic N) is 1. The Hall–Kier alpha value is -2.02. The minimum atomic E-state index is -0.344. The molecule has 0 spiro atoms. The van der Waals surface area contributed by atoms with Gasteiger partial charge in [0.25, 0.3) is 0 Å². The highest BCUT2D eigenvalue weighted by Gasteiger charge is 2.37. The zero-order chi connectivity index (χ0) is 13.1. The minimum absolute atomic E-state index is 0.261. The molecule has 1 atom stereocenters. The van der Waals surface area contributed by atoms with E-state index in [9.17, 15) is 4.79 Å². The summed E-state index contributed by atoms with van der Waals surface area (Å²) in [4.78, 5) is 11.7. The predicted molar refractivity (Wildman–Crippen MR) is 68.0 cm³/mol. The van der Waals surface area contributed by atoms with Gasteiger partial charge >= 0.3 is 5.97 Å². The molecule has 0 radical (unpaired) electrons. The fraction of sp³-hybridized carbons (Fsp3) is 0.429. The standard InChI is InChI=1S/C14H16N2O2/c1-9-4-3-5-12(11(9)8-15)16-13(10-6-7-10)14(17)18-2/h3-5,10,13,16H,6-7H2,1-2H3. The first kappa shape index (κ1) is 12.4. The summed E-state index contributed by atoms with van der Waals surface area (Å²) in [5, 5.41) is 12.3. The highest BCUT2D eigenvalue weighted by atomic mass is 16.5. The maximum atomic E-state index is 11.7. The number of aryl methyl sites for hydroxylation is 1. The molecule has 1 N–H and O–H groups in total. The third-order valence-corrected chi connectivity index (χ3v) is 3.24. The van der Waals surface area contributed by atoms with Crippen LogP contribution in [0, 0.1) is 24.2 Å². The highest BCUT2D eigenvalue weighted by Crippen LogP contribution is 2.35. The quantitative estimate of drug-likeness (QED) is 0.825. The van der Waals surface area contributed by atoms with Crippen LogP contribution in [0.4, 0.5) is 5.69 Å². The Bertz CT molecular complexity index is 501. The summed E-state index contributed by atoms with van der Waals surface area (Å²) >= 11 is 0. The first-order chi connectivity index (χ1) is 8.67. The minimum Gasteiger partial charge on any atom is -0.467 e. The summed E-state index contributed by atoms with van der Waals surface area (Å²) in [5.41, 5.74) is 2.20. The highest BCUT2D eigenvalue weighted by molar-refractivity contribution is 5.81. The van der Waals surface area contributed by atoms with E-state index >= 15 is 0 Å². The molecule has 1 aromatic carbocycles. The van der Waals surface area contributed by atoms with E-state index in [0.29, 0.717) is 17.2 Å². The lowest BCUT2D eigenvalue weighted by Crippen LogP contribution is -2.33. The van der Waals surface area contributed by atoms with Gasteiger partial charge in [-0.1, -0.05) is 12.1 Å². The first-order valence-electron chi connectivity index (χ1n) is 6.01. The van der Waals surface area contributed by atoms with Gasteiger partial charge in [0.1, 0.15) is 12.1 Å². The molecule has 1 unspecified atom stereocenters. The molecule has 1 fully saturated rings. The molecule has 4 nitrogen and oxygen atoms in total. The molecule has 0 bridgehead atoms. The molecule has 1 aromatic rings. The number of benzene rings is 1. The maximum absolute atomic E-state index is 11.7. The molecule has 94 valence electrons. The number of nitrogens with one attached hydrogen (secondary N) is 1. The van der Waals surface area contributed by atoms with Crippen molar-refractivity contribution in [3.63, 3.8) is 0 Å². The molecule has 0 heterocycles. The molecule has 0 aromatic heterocycles. The Labute approximate surface area is 107 Å². The van der Waals surface area contributed by atoms with Crippen LogP contribution in [0.25, 0.3) is 0 Å². The van der Waals surface area contributed by atoms with E-state index in [4.69, 9.17) is 10.00 Å². The second-order valence-electron chi connectivity index (χ2n) is 4.59. The lowest BCUT2D eigenvalue weighted by atomic mass is 10.1. The van der Waals surface area contributed by atoms with Crippen molar-refractivity contribution in [2.75, 3.05) is 12.4 Å². The van der Waals surface area contributed by atoms with Crippen LogP contribution in [0.1, 0.15) is 24.0 Å². The topological polar surface area (TPSA) is 62.1 Å². The Morgan fingerprint density at radius 2 is 2.28 bits per heavy atom. The van der Waals surface area contributed by atoms with Crippen LogP contribution in [0.15, 0.2) is 18.2 Å². The zero-order valence-electron chi connectivity index (χ0n) is 10.6. The Morgan fingerprint density at radius 1 is 1.56 bits per heavy atom. The van der Waals surface area contributed by atoms with E-state index in [-0.39, 0.29) is 12.0 Å². The van der Waals surface area contributed by atoms with Crippen LogP contribution in [-0.2, 0) is 9.53 Å². The van der Waals surface area contributed by atoms with Crippen molar-refractivity contribution >= 4 is 11.7 Å². The van der Waals surface area contributed by atoms with Crippen molar-refractivity contribution in [1.82, 2.24) is 0 Å². The molecule has 18 heavy (non-hydrogen) atoms. The van der Waals surface area contributed by atoms with Crippen LogP contribution in [0.5, 0.6) is 0 Å². The number of carbonyl (C=O) groups is 1. The summed E-state index contributed by atoms with van der Waals surface area (Å²) in [6.45, 7) is 1.88. The second-order valence-corrected chi connectivity index (χ2v) is 4.59. The zero-order valence-corrected chi connectivity index (χ0v) is 10.6. The van der Waals surface area contributed by atoms with Gasteiger partial charge in [0, 0.05) is 0 Å². The molecular weight excluding hydrogens is 228 g/mol. The fourth-order valence-corrected chi connectivity index (χ4v) is 2.03. The van der Waals surface area contributed by atoms with Gasteiger partial charge < -0.3 is 10.1 Å². The summed E-state index contributed by atoms with van der Waals surface area (Å²) in [7, 11) is 1.39. The summed E-state index contributed by atoms with van der Waals surface area (Å²) in [5.74, 6) is 0.0624. The molecule has 1 saturated carbocycles. The van der Waals surface area contributed by atoms with Crippen LogP contribution >= 0.6 is 0 Å². The number of anilines is 1. The molecular formula is C14H16N2O2. The Kier molecular flexibility index (Phi) is 3.52. The number of methoxy groups -OCH3 is 1. The number of hydrogen-bond acceptors (Lipinski definition) is 4.